The van der Waals surface area contributed by atoms with E-state index < -0.39 is 12.6 Å². The summed E-state index contributed by atoms with van der Waals surface area (Å²) in [5, 5.41) is 3.52. The number of hydrogen-bond acceptors (Lipinski definition) is 2. The Morgan fingerprint density at radius 2 is 1.63 bits per heavy atom. The van der Waals surface area contributed by atoms with Gasteiger partial charge in [-0.05, 0) is 32.6 Å². The van der Waals surface area contributed by atoms with Crippen molar-refractivity contribution < 1.29 is 13.2 Å². The van der Waals surface area contributed by atoms with Crippen LogP contribution in [-0.4, -0.2) is 24.3 Å². The Labute approximate surface area is 114 Å². The van der Waals surface area contributed by atoms with Crippen molar-refractivity contribution in [3.63, 3.8) is 0 Å². The molecule has 0 radical (unpaired) electrons. The van der Waals surface area contributed by atoms with E-state index in [1.165, 1.54) is 25.7 Å². The average Bonchev–Trinajstić information content (AvgIpc) is 2.56. The van der Waals surface area contributed by atoms with E-state index in [4.69, 9.17) is 5.73 Å². The molecule has 114 valence electrons. The minimum atomic E-state index is -4.06. The van der Waals surface area contributed by atoms with Gasteiger partial charge in [0.25, 0.3) is 0 Å². The Morgan fingerprint density at radius 1 is 1.05 bits per heavy atom. The third-order valence-corrected chi connectivity index (χ3v) is 4.05. The quantitative estimate of drug-likeness (QED) is 0.727. The smallest absolute Gasteiger partial charge is 0.329 e. The Balaban J connectivity index is 2.39. The molecule has 1 aliphatic carbocycles. The normalized spacial score (nSPS) is 21.9. The predicted molar refractivity (Wildman–Crippen MR) is 72.0 cm³/mol. The summed E-state index contributed by atoms with van der Waals surface area (Å²) >= 11 is 0. The van der Waals surface area contributed by atoms with E-state index in [0.29, 0.717) is 19.0 Å². The summed E-state index contributed by atoms with van der Waals surface area (Å²) in [4.78, 5) is 0. The van der Waals surface area contributed by atoms with Crippen molar-refractivity contribution in [3.8, 4) is 0 Å². The van der Waals surface area contributed by atoms with Crippen LogP contribution in [0.4, 0.5) is 13.2 Å². The van der Waals surface area contributed by atoms with Crippen molar-refractivity contribution >= 4 is 0 Å². The summed E-state index contributed by atoms with van der Waals surface area (Å²) in [6.45, 7) is 2.34. The first-order valence-corrected chi connectivity index (χ1v) is 7.39. The lowest BCUT2D eigenvalue weighted by Crippen LogP contribution is -2.53. The van der Waals surface area contributed by atoms with Crippen molar-refractivity contribution in [2.75, 3.05) is 6.54 Å². The van der Waals surface area contributed by atoms with E-state index in [9.17, 15) is 13.2 Å². The summed E-state index contributed by atoms with van der Waals surface area (Å²) in [6.07, 6.45) is 3.06. The van der Waals surface area contributed by atoms with Crippen LogP contribution in [0.1, 0.15) is 64.7 Å². The SMILES string of the molecule is CC(CN)(CCCC(F)(F)F)NC1CCCCCC1. The zero-order chi connectivity index (χ0) is 14.4. The Kier molecular flexibility index (Phi) is 6.60. The van der Waals surface area contributed by atoms with Crippen LogP contribution in [0, 0.1) is 0 Å². The highest BCUT2D eigenvalue weighted by Gasteiger charge is 2.30. The van der Waals surface area contributed by atoms with Gasteiger partial charge in [-0.25, -0.2) is 0 Å². The van der Waals surface area contributed by atoms with Crippen molar-refractivity contribution in [1.82, 2.24) is 5.32 Å². The molecule has 0 heterocycles. The molecular formula is C14H27F3N2. The molecule has 1 saturated carbocycles. The second-order valence-electron chi connectivity index (χ2n) is 6.07. The van der Waals surface area contributed by atoms with Gasteiger partial charge < -0.3 is 11.1 Å². The number of rotatable bonds is 6. The Bertz CT molecular complexity index is 248. The predicted octanol–water partition coefficient (Wildman–Crippen LogP) is 3.75. The number of nitrogens with two attached hydrogens (primary N) is 1. The van der Waals surface area contributed by atoms with Crippen molar-refractivity contribution in [2.45, 2.75) is 82.5 Å². The van der Waals surface area contributed by atoms with Crippen LogP contribution >= 0.6 is 0 Å². The maximum atomic E-state index is 12.2. The first-order chi connectivity index (χ1) is 8.85. The molecule has 2 nitrogen and oxygen atoms in total. The van der Waals surface area contributed by atoms with Crippen molar-refractivity contribution in [2.24, 2.45) is 5.73 Å². The van der Waals surface area contributed by atoms with Crippen LogP contribution in [0.3, 0.4) is 0 Å². The molecule has 1 aliphatic rings. The second kappa shape index (κ2) is 7.48. The second-order valence-corrected chi connectivity index (χ2v) is 6.07. The van der Waals surface area contributed by atoms with E-state index in [0.717, 1.165) is 12.8 Å². The third kappa shape index (κ3) is 7.16. The number of nitrogens with one attached hydrogen (secondary N) is 1. The zero-order valence-electron chi connectivity index (χ0n) is 11.9. The van der Waals surface area contributed by atoms with Gasteiger partial charge in [0.05, 0.1) is 0 Å². The minimum absolute atomic E-state index is 0.150. The molecular weight excluding hydrogens is 253 g/mol. The zero-order valence-corrected chi connectivity index (χ0v) is 11.9. The summed E-state index contributed by atoms with van der Waals surface area (Å²) in [5.41, 5.74) is 5.41. The topological polar surface area (TPSA) is 38.0 Å². The highest BCUT2D eigenvalue weighted by Crippen LogP contribution is 2.26. The first kappa shape index (κ1) is 16.8. The average molecular weight is 280 g/mol. The molecule has 5 heteroatoms. The lowest BCUT2D eigenvalue weighted by molar-refractivity contribution is -0.136. The molecule has 0 aliphatic heterocycles. The van der Waals surface area contributed by atoms with Gasteiger partial charge in [-0.15, -0.1) is 0 Å². The van der Waals surface area contributed by atoms with Crippen molar-refractivity contribution in [3.05, 3.63) is 0 Å². The molecule has 19 heavy (non-hydrogen) atoms. The van der Waals surface area contributed by atoms with Gasteiger partial charge >= 0.3 is 6.18 Å². The standard InChI is InChI=1S/C14H27F3N2/c1-13(11-18,9-6-10-14(15,16)17)19-12-7-4-2-3-5-8-12/h12,19H,2-11,18H2,1H3. The maximum absolute atomic E-state index is 12.2. The largest absolute Gasteiger partial charge is 0.389 e. The van der Waals surface area contributed by atoms with Gasteiger partial charge in [0.15, 0.2) is 0 Å². The van der Waals surface area contributed by atoms with Crippen LogP contribution in [-0.2, 0) is 0 Å². The highest BCUT2D eigenvalue weighted by molar-refractivity contribution is 4.88. The molecule has 1 atom stereocenters. The molecule has 3 N–H and O–H groups in total. The van der Waals surface area contributed by atoms with Gasteiger partial charge in [-0.2, -0.15) is 13.2 Å². The van der Waals surface area contributed by atoms with Crippen LogP contribution in [0.5, 0.6) is 0 Å². The van der Waals surface area contributed by atoms with Crippen LogP contribution < -0.4 is 11.1 Å². The van der Waals surface area contributed by atoms with E-state index in [1.54, 1.807) is 0 Å². The van der Waals surface area contributed by atoms with Gasteiger partial charge in [0, 0.05) is 24.5 Å². The lowest BCUT2D eigenvalue weighted by Gasteiger charge is -2.34. The first-order valence-electron chi connectivity index (χ1n) is 7.39. The molecule has 0 amide bonds. The Morgan fingerprint density at radius 3 is 2.11 bits per heavy atom. The molecule has 0 saturated heterocycles. The van der Waals surface area contributed by atoms with Crippen molar-refractivity contribution in [1.29, 1.82) is 0 Å². The fourth-order valence-electron chi connectivity index (χ4n) is 2.83. The molecule has 0 spiro atoms. The molecule has 1 fully saturated rings. The molecule has 1 rings (SSSR count). The molecule has 0 aromatic heterocycles. The number of halogens is 3. The summed E-state index contributed by atoms with van der Waals surface area (Å²) < 4.78 is 36.6. The lowest BCUT2D eigenvalue weighted by atomic mass is 9.92. The maximum Gasteiger partial charge on any atom is 0.389 e. The summed E-state index contributed by atoms with van der Waals surface area (Å²) in [5.74, 6) is 0. The van der Waals surface area contributed by atoms with E-state index in [2.05, 4.69) is 5.32 Å². The molecule has 1 unspecified atom stereocenters. The summed E-state index contributed by atoms with van der Waals surface area (Å²) in [7, 11) is 0. The summed E-state index contributed by atoms with van der Waals surface area (Å²) in [6, 6.07) is 0.418. The Hall–Kier alpha value is -0.290. The van der Waals surface area contributed by atoms with E-state index >= 15 is 0 Å². The molecule has 0 aromatic rings. The molecule has 0 aromatic carbocycles. The fourth-order valence-corrected chi connectivity index (χ4v) is 2.83. The van der Waals surface area contributed by atoms with E-state index in [1.807, 2.05) is 6.92 Å². The van der Waals surface area contributed by atoms with Crippen LogP contribution in [0.2, 0.25) is 0 Å². The van der Waals surface area contributed by atoms with Gasteiger partial charge in [0.1, 0.15) is 0 Å². The highest BCUT2D eigenvalue weighted by atomic mass is 19.4. The third-order valence-electron chi connectivity index (χ3n) is 4.05. The van der Waals surface area contributed by atoms with Gasteiger partial charge in [0.2, 0.25) is 0 Å². The number of hydrogen-bond donors (Lipinski definition) is 2. The van der Waals surface area contributed by atoms with E-state index in [-0.39, 0.29) is 12.0 Å². The van der Waals surface area contributed by atoms with Crippen LogP contribution in [0.25, 0.3) is 0 Å². The van der Waals surface area contributed by atoms with Gasteiger partial charge in [-0.1, -0.05) is 25.7 Å². The fraction of sp³-hybridized carbons (Fsp3) is 1.00. The number of alkyl halides is 3. The van der Waals surface area contributed by atoms with Gasteiger partial charge in [-0.3, -0.25) is 0 Å². The van der Waals surface area contributed by atoms with Crippen LogP contribution in [0.15, 0.2) is 0 Å². The monoisotopic (exact) mass is 280 g/mol. The minimum Gasteiger partial charge on any atom is -0.329 e. The molecule has 0 bridgehead atoms.